The van der Waals surface area contributed by atoms with Crippen molar-refractivity contribution in [2.24, 2.45) is 11.7 Å². The van der Waals surface area contributed by atoms with Crippen LogP contribution in [0.3, 0.4) is 0 Å². The van der Waals surface area contributed by atoms with Gasteiger partial charge in [0.1, 0.15) is 11.6 Å². The van der Waals surface area contributed by atoms with Gasteiger partial charge in [-0.2, -0.15) is 0 Å². The number of carbonyl (C=O) groups excluding carboxylic acids is 2. The van der Waals surface area contributed by atoms with Gasteiger partial charge in [0.05, 0.1) is 6.10 Å². The van der Waals surface area contributed by atoms with Crippen LogP contribution in [0.2, 0.25) is 0 Å². The summed E-state index contributed by atoms with van der Waals surface area (Å²) in [5.41, 5.74) is 4.70. The Balaban J connectivity index is 2.49. The zero-order valence-electron chi connectivity index (χ0n) is 11.4. The summed E-state index contributed by atoms with van der Waals surface area (Å²) in [6.07, 6.45) is 0.976. The highest BCUT2D eigenvalue weighted by Gasteiger charge is 2.39. The summed E-state index contributed by atoms with van der Waals surface area (Å²) in [6.45, 7) is 5.28. The van der Waals surface area contributed by atoms with Gasteiger partial charge >= 0.3 is 6.09 Å². The molecule has 6 heteroatoms. The minimum atomic E-state index is -0.689. The summed E-state index contributed by atoms with van der Waals surface area (Å²) in [4.78, 5) is 22.9. The molecule has 0 aliphatic heterocycles. The average molecular weight is 258 g/mol. The van der Waals surface area contributed by atoms with Gasteiger partial charge in [-0.3, -0.25) is 4.79 Å². The molecule has 1 rings (SSSR count). The minimum Gasteiger partial charge on any atom is -0.444 e. The second-order valence-corrected chi connectivity index (χ2v) is 5.62. The monoisotopic (exact) mass is 258 g/mol. The Hall–Kier alpha value is -1.30. The molecule has 1 atom stereocenters. The molecular weight excluding hydrogens is 236 g/mol. The highest BCUT2D eigenvalue weighted by molar-refractivity contribution is 5.84. The van der Waals surface area contributed by atoms with Crippen LogP contribution in [-0.4, -0.2) is 36.9 Å². The number of carbonyl (C=O) groups is 2. The van der Waals surface area contributed by atoms with Crippen LogP contribution >= 0.6 is 0 Å². The summed E-state index contributed by atoms with van der Waals surface area (Å²) < 4.78 is 10.2. The van der Waals surface area contributed by atoms with Crippen LogP contribution in [0.5, 0.6) is 0 Å². The van der Waals surface area contributed by atoms with Crippen LogP contribution in [0.15, 0.2) is 0 Å². The first kappa shape index (κ1) is 14.8. The number of rotatable bonds is 4. The lowest BCUT2D eigenvalue weighted by Crippen LogP contribution is -2.54. The van der Waals surface area contributed by atoms with E-state index in [-0.39, 0.29) is 12.0 Å². The molecular formula is C12H22N2O4. The van der Waals surface area contributed by atoms with Gasteiger partial charge in [0.15, 0.2) is 0 Å². The van der Waals surface area contributed by atoms with Crippen LogP contribution in [-0.2, 0) is 14.3 Å². The second kappa shape index (κ2) is 5.56. The molecule has 2 amide bonds. The summed E-state index contributed by atoms with van der Waals surface area (Å²) >= 11 is 0. The van der Waals surface area contributed by atoms with Crippen LogP contribution in [0.25, 0.3) is 0 Å². The van der Waals surface area contributed by atoms with Gasteiger partial charge in [-0.05, 0) is 39.5 Å². The molecule has 0 heterocycles. The molecule has 1 saturated carbocycles. The van der Waals surface area contributed by atoms with Gasteiger partial charge < -0.3 is 20.5 Å². The standard InChI is InChI=1S/C12H22N2O4/c1-12(2,3)18-11(16)14-9(10(13)15)7-5-8(6-7)17-4/h7-9H,5-6H2,1-4H3,(H2,13,15)(H,14,16). The summed E-state index contributed by atoms with van der Waals surface area (Å²) in [7, 11) is 1.63. The number of hydrogen-bond donors (Lipinski definition) is 2. The van der Waals surface area contributed by atoms with Crippen molar-refractivity contribution in [3.05, 3.63) is 0 Å². The number of amides is 2. The van der Waals surface area contributed by atoms with Crippen molar-refractivity contribution in [1.82, 2.24) is 5.32 Å². The van der Waals surface area contributed by atoms with Crippen molar-refractivity contribution in [2.75, 3.05) is 7.11 Å². The van der Waals surface area contributed by atoms with Crippen LogP contribution in [0.1, 0.15) is 33.6 Å². The SMILES string of the molecule is COC1CC(C(NC(=O)OC(C)(C)C)C(N)=O)C1. The first-order chi connectivity index (χ1) is 8.23. The molecule has 0 saturated heterocycles. The summed E-state index contributed by atoms with van der Waals surface area (Å²) in [5.74, 6) is -0.514. The van der Waals surface area contributed by atoms with Gasteiger partial charge in [-0.25, -0.2) is 4.79 Å². The number of nitrogens with two attached hydrogens (primary N) is 1. The van der Waals surface area contributed by atoms with Gasteiger partial charge in [0.25, 0.3) is 0 Å². The number of primary amides is 1. The molecule has 0 aromatic carbocycles. The summed E-state index contributed by atoms with van der Waals surface area (Å²) in [5, 5.41) is 2.53. The Morgan fingerprint density at radius 3 is 2.28 bits per heavy atom. The zero-order valence-corrected chi connectivity index (χ0v) is 11.4. The first-order valence-electron chi connectivity index (χ1n) is 6.04. The fraction of sp³-hybridized carbons (Fsp3) is 0.833. The molecule has 1 unspecified atom stereocenters. The largest absolute Gasteiger partial charge is 0.444 e. The van der Waals surface area contributed by atoms with Gasteiger partial charge in [-0.1, -0.05) is 0 Å². The van der Waals surface area contributed by atoms with Crippen molar-refractivity contribution in [3.63, 3.8) is 0 Å². The van der Waals surface area contributed by atoms with E-state index in [0.29, 0.717) is 0 Å². The Bertz CT molecular complexity index is 319. The number of ether oxygens (including phenoxy) is 2. The van der Waals surface area contributed by atoms with E-state index in [1.54, 1.807) is 27.9 Å². The van der Waals surface area contributed by atoms with Gasteiger partial charge in [0.2, 0.25) is 5.91 Å². The summed E-state index contributed by atoms with van der Waals surface area (Å²) in [6, 6.07) is -0.689. The molecule has 1 aliphatic rings. The zero-order chi connectivity index (χ0) is 13.9. The number of hydrogen-bond acceptors (Lipinski definition) is 4. The lowest BCUT2D eigenvalue weighted by molar-refractivity contribution is -0.124. The highest BCUT2D eigenvalue weighted by atomic mass is 16.6. The Morgan fingerprint density at radius 2 is 1.89 bits per heavy atom. The van der Waals surface area contributed by atoms with E-state index in [2.05, 4.69) is 5.32 Å². The maximum atomic E-state index is 11.6. The molecule has 6 nitrogen and oxygen atoms in total. The predicted octanol–water partition coefficient (Wildman–Crippen LogP) is 0.790. The lowest BCUT2D eigenvalue weighted by atomic mass is 9.77. The van der Waals surface area contributed by atoms with Crippen LogP contribution in [0, 0.1) is 5.92 Å². The Morgan fingerprint density at radius 1 is 1.33 bits per heavy atom. The van der Waals surface area contributed by atoms with Crippen LogP contribution in [0.4, 0.5) is 4.79 Å². The maximum absolute atomic E-state index is 11.6. The minimum absolute atomic E-state index is 0.0277. The van der Waals surface area contributed by atoms with E-state index in [4.69, 9.17) is 15.2 Å². The fourth-order valence-corrected chi connectivity index (χ4v) is 1.93. The number of methoxy groups -OCH3 is 1. The lowest BCUT2D eigenvalue weighted by Gasteiger charge is -2.38. The normalized spacial score (nSPS) is 24.9. The van der Waals surface area contributed by atoms with Crippen molar-refractivity contribution < 1.29 is 19.1 Å². The van der Waals surface area contributed by atoms with Gasteiger partial charge in [0, 0.05) is 7.11 Å². The molecule has 1 fully saturated rings. The van der Waals surface area contributed by atoms with E-state index in [0.717, 1.165) is 12.8 Å². The molecule has 1 aliphatic carbocycles. The average Bonchev–Trinajstić information content (AvgIpc) is 2.11. The molecule has 0 aromatic heterocycles. The van der Waals surface area contributed by atoms with Gasteiger partial charge in [-0.15, -0.1) is 0 Å². The fourth-order valence-electron chi connectivity index (χ4n) is 1.93. The van der Waals surface area contributed by atoms with Crippen LogP contribution < -0.4 is 11.1 Å². The van der Waals surface area contributed by atoms with E-state index < -0.39 is 23.6 Å². The molecule has 18 heavy (non-hydrogen) atoms. The van der Waals surface area contributed by atoms with Crippen molar-refractivity contribution in [1.29, 1.82) is 0 Å². The van der Waals surface area contributed by atoms with E-state index in [9.17, 15) is 9.59 Å². The third kappa shape index (κ3) is 4.18. The molecule has 0 spiro atoms. The number of alkyl carbamates (subject to hydrolysis) is 1. The smallest absolute Gasteiger partial charge is 0.408 e. The van der Waals surface area contributed by atoms with E-state index >= 15 is 0 Å². The second-order valence-electron chi connectivity index (χ2n) is 5.62. The topological polar surface area (TPSA) is 90.7 Å². The third-order valence-corrected chi connectivity index (χ3v) is 2.91. The maximum Gasteiger partial charge on any atom is 0.408 e. The molecule has 104 valence electrons. The molecule has 3 N–H and O–H groups in total. The van der Waals surface area contributed by atoms with Crippen molar-refractivity contribution in [2.45, 2.75) is 51.4 Å². The van der Waals surface area contributed by atoms with Crippen molar-refractivity contribution in [3.8, 4) is 0 Å². The molecule has 0 bridgehead atoms. The van der Waals surface area contributed by atoms with Crippen molar-refractivity contribution >= 4 is 12.0 Å². The number of nitrogens with one attached hydrogen (secondary N) is 1. The van der Waals surface area contributed by atoms with E-state index in [1.807, 2.05) is 0 Å². The molecule has 0 aromatic rings. The quantitative estimate of drug-likeness (QED) is 0.780. The highest BCUT2D eigenvalue weighted by Crippen LogP contribution is 2.32. The Kier molecular flexibility index (Phi) is 4.56. The van der Waals surface area contributed by atoms with E-state index in [1.165, 1.54) is 0 Å². The predicted molar refractivity (Wildman–Crippen MR) is 65.9 cm³/mol. The molecule has 0 radical (unpaired) electrons. The third-order valence-electron chi connectivity index (χ3n) is 2.91. The Labute approximate surface area is 107 Å². The first-order valence-corrected chi connectivity index (χ1v) is 6.04.